The second-order valence-corrected chi connectivity index (χ2v) is 2.75. The summed E-state index contributed by atoms with van der Waals surface area (Å²) in [6.07, 6.45) is 0. The fourth-order valence-corrected chi connectivity index (χ4v) is 1.31. The summed E-state index contributed by atoms with van der Waals surface area (Å²) >= 11 is 0. The lowest BCUT2D eigenvalue weighted by Gasteiger charge is -2.08. The van der Waals surface area contributed by atoms with Crippen LogP contribution >= 0.6 is 0 Å². The molecule has 2 aliphatic rings. The van der Waals surface area contributed by atoms with Crippen molar-refractivity contribution < 1.29 is 0 Å². The van der Waals surface area contributed by atoms with E-state index in [1.807, 2.05) is 0 Å². The average molecular weight is 180 g/mol. The van der Waals surface area contributed by atoms with E-state index in [0.29, 0.717) is 30.5 Å². The molecule has 2 rings (SSSR count). The molecule has 0 saturated heterocycles. The predicted octanol–water partition coefficient (Wildman–Crippen LogP) is -1.07. The van der Waals surface area contributed by atoms with Gasteiger partial charge < -0.3 is 21.0 Å². The Balaban J connectivity index is 2.18. The number of amidine groups is 2. The molecule has 13 heavy (non-hydrogen) atoms. The van der Waals surface area contributed by atoms with E-state index in [2.05, 4.69) is 25.8 Å². The first-order valence-corrected chi connectivity index (χ1v) is 4.19. The molecule has 0 bridgehead atoms. The van der Waals surface area contributed by atoms with Crippen LogP contribution in [0.15, 0.2) is 15.1 Å². The highest BCUT2D eigenvalue weighted by Gasteiger charge is 2.18. The van der Waals surface area contributed by atoms with Gasteiger partial charge in [-0.3, -0.25) is 9.98 Å². The summed E-state index contributed by atoms with van der Waals surface area (Å²) in [5.74, 6) is 1.12. The van der Waals surface area contributed by atoms with Gasteiger partial charge in [-0.15, -0.1) is 0 Å². The largest absolute Gasteiger partial charge is 0.791 e. The van der Waals surface area contributed by atoms with Crippen LogP contribution in [0.5, 0.6) is 0 Å². The first-order valence-electron chi connectivity index (χ1n) is 4.19. The topological polar surface area (TPSA) is 84.2 Å². The van der Waals surface area contributed by atoms with Gasteiger partial charge >= 0.3 is 0 Å². The lowest BCUT2D eigenvalue weighted by molar-refractivity contribution is 0.959. The van der Waals surface area contributed by atoms with Gasteiger partial charge in [0.25, 0.3) is 0 Å². The first kappa shape index (κ1) is 8.03. The second kappa shape index (κ2) is 3.42. The first-order chi connectivity index (χ1) is 6.42. The molecule has 2 N–H and O–H groups in total. The highest BCUT2D eigenvalue weighted by molar-refractivity contribution is 6.68. The molecule has 0 aromatic rings. The summed E-state index contributed by atoms with van der Waals surface area (Å²) in [6, 6.07) is 0. The van der Waals surface area contributed by atoms with E-state index < -0.39 is 0 Å². The van der Waals surface area contributed by atoms with Gasteiger partial charge in [0.1, 0.15) is 17.4 Å². The molecule has 6 nitrogen and oxygen atoms in total. The summed E-state index contributed by atoms with van der Waals surface area (Å²) in [7, 11) is 0. The molecular weight excluding hydrogens is 170 g/mol. The molecule has 70 valence electrons. The monoisotopic (exact) mass is 180 g/mol. The Hall–Kier alpha value is -1.59. The van der Waals surface area contributed by atoms with Crippen molar-refractivity contribution in [2.45, 2.75) is 0 Å². The molecule has 0 amide bonds. The molecule has 0 spiro atoms. The van der Waals surface area contributed by atoms with Gasteiger partial charge in [0, 0.05) is 13.1 Å². The molecule has 0 atom stereocenters. The Morgan fingerprint density at radius 3 is 2.00 bits per heavy atom. The minimum atomic E-state index is 0.301. The van der Waals surface area contributed by atoms with E-state index in [0.717, 1.165) is 13.1 Å². The Bertz CT molecular complexity index is 267. The molecule has 0 aromatic heterocycles. The van der Waals surface area contributed by atoms with Crippen LogP contribution in [0.1, 0.15) is 0 Å². The Labute approximate surface area is 75.5 Å². The number of aliphatic imine (C=N–C) groups is 2. The maximum atomic E-state index is 10.6. The van der Waals surface area contributed by atoms with Crippen molar-refractivity contribution in [3.8, 4) is 0 Å². The van der Waals surface area contributed by atoms with E-state index in [4.69, 9.17) is 0 Å². The minimum Gasteiger partial charge on any atom is -0.791 e. The van der Waals surface area contributed by atoms with Gasteiger partial charge in [0.05, 0.1) is 13.1 Å². The van der Waals surface area contributed by atoms with Gasteiger partial charge in [0.2, 0.25) is 0 Å². The molecule has 0 saturated carbocycles. The number of nitrogens with zero attached hydrogens (tertiary/aromatic N) is 3. The molecular formula is C7H10N5O-. The van der Waals surface area contributed by atoms with Crippen molar-refractivity contribution in [2.24, 2.45) is 15.1 Å². The van der Waals surface area contributed by atoms with Crippen LogP contribution in [0, 0.1) is 5.21 Å². The summed E-state index contributed by atoms with van der Waals surface area (Å²) in [5.41, 5.74) is 0.301. The van der Waals surface area contributed by atoms with Crippen molar-refractivity contribution in [1.82, 2.24) is 10.6 Å². The zero-order valence-corrected chi connectivity index (χ0v) is 7.08. The standard InChI is InChI=1S/C7H11N5O/c13-12-5(6-8-1-2-9-6)7-10-3-4-11-7/h13H,1-4H2,(H,8,9)(H,10,11)/p-1. The lowest BCUT2D eigenvalue weighted by atomic mass is 10.3. The molecule has 2 heterocycles. The Morgan fingerprint density at radius 1 is 1.15 bits per heavy atom. The zero-order valence-electron chi connectivity index (χ0n) is 7.08. The summed E-state index contributed by atoms with van der Waals surface area (Å²) < 4.78 is 0. The summed E-state index contributed by atoms with van der Waals surface area (Å²) in [4.78, 5) is 8.21. The van der Waals surface area contributed by atoms with Crippen LogP contribution in [0.25, 0.3) is 0 Å². The van der Waals surface area contributed by atoms with E-state index in [-0.39, 0.29) is 0 Å². The predicted molar refractivity (Wildman–Crippen MR) is 51.4 cm³/mol. The molecule has 0 fully saturated rings. The lowest BCUT2D eigenvalue weighted by Crippen LogP contribution is -2.38. The smallest absolute Gasteiger partial charge is 0.150 e. The third-order valence-corrected chi connectivity index (χ3v) is 1.89. The maximum absolute atomic E-state index is 10.6. The second-order valence-electron chi connectivity index (χ2n) is 2.75. The minimum absolute atomic E-state index is 0.301. The normalized spacial score (nSPS) is 20.0. The van der Waals surface area contributed by atoms with Crippen molar-refractivity contribution in [1.29, 1.82) is 0 Å². The van der Waals surface area contributed by atoms with Crippen LogP contribution in [-0.4, -0.2) is 43.6 Å². The molecule has 6 heteroatoms. The van der Waals surface area contributed by atoms with Gasteiger partial charge in [-0.05, 0) is 0 Å². The highest BCUT2D eigenvalue weighted by Crippen LogP contribution is 1.95. The van der Waals surface area contributed by atoms with Crippen LogP contribution < -0.4 is 10.6 Å². The maximum Gasteiger partial charge on any atom is 0.150 e. The fourth-order valence-electron chi connectivity index (χ4n) is 1.31. The number of rotatable bonds is 2. The summed E-state index contributed by atoms with van der Waals surface area (Å²) in [6.45, 7) is 2.92. The Kier molecular flexibility index (Phi) is 2.11. The van der Waals surface area contributed by atoms with Crippen LogP contribution in [0.2, 0.25) is 0 Å². The highest BCUT2D eigenvalue weighted by atomic mass is 16.4. The number of hydrogen-bond donors (Lipinski definition) is 2. The van der Waals surface area contributed by atoms with Crippen molar-refractivity contribution >= 4 is 17.4 Å². The molecule has 2 aliphatic heterocycles. The number of nitrogens with one attached hydrogen (secondary N) is 2. The van der Waals surface area contributed by atoms with Gasteiger partial charge in [-0.2, -0.15) is 0 Å². The van der Waals surface area contributed by atoms with Crippen molar-refractivity contribution in [3.05, 3.63) is 5.21 Å². The molecule has 0 unspecified atom stereocenters. The van der Waals surface area contributed by atoms with Gasteiger partial charge in [-0.25, -0.2) is 0 Å². The Morgan fingerprint density at radius 2 is 1.69 bits per heavy atom. The van der Waals surface area contributed by atoms with E-state index in [1.54, 1.807) is 0 Å². The third kappa shape index (κ3) is 1.47. The summed E-state index contributed by atoms with van der Waals surface area (Å²) in [5, 5.41) is 19.4. The third-order valence-electron chi connectivity index (χ3n) is 1.89. The SMILES string of the molecule is [O-]N=C(C1=NCCN1)C1=NCCN1. The molecule has 0 radical (unpaired) electrons. The van der Waals surface area contributed by atoms with E-state index in [9.17, 15) is 5.21 Å². The fraction of sp³-hybridized carbons (Fsp3) is 0.571. The number of hydrogen-bond acceptors (Lipinski definition) is 6. The van der Waals surface area contributed by atoms with E-state index >= 15 is 0 Å². The van der Waals surface area contributed by atoms with Gasteiger partial charge in [0.15, 0.2) is 0 Å². The van der Waals surface area contributed by atoms with Crippen molar-refractivity contribution in [3.63, 3.8) is 0 Å². The van der Waals surface area contributed by atoms with Gasteiger partial charge in [-0.1, -0.05) is 0 Å². The quantitative estimate of drug-likeness (QED) is 0.419. The van der Waals surface area contributed by atoms with Crippen LogP contribution in [0.3, 0.4) is 0 Å². The van der Waals surface area contributed by atoms with Crippen LogP contribution in [0.4, 0.5) is 0 Å². The molecule has 0 aliphatic carbocycles. The van der Waals surface area contributed by atoms with Crippen molar-refractivity contribution in [2.75, 3.05) is 26.2 Å². The average Bonchev–Trinajstić information content (AvgIpc) is 2.76. The zero-order chi connectivity index (χ0) is 9.10. The van der Waals surface area contributed by atoms with E-state index in [1.165, 1.54) is 0 Å². The molecule has 0 aromatic carbocycles. The van der Waals surface area contributed by atoms with Crippen LogP contribution in [-0.2, 0) is 0 Å².